The van der Waals surface area contributed by atoms with E-state index in [1.807, 2.05) is 17.8 Å². The molecule has 33 heavy (non-hydrogen) atoms. The molecule has 8 nitrogen and oxygen atoms in total. The van der Waals surface area contributed by atoms with E-state index in [0.29, 0.717) is 11.3 Å². The second-order valence-electron chi connectivity index (χ2n) is 8.78. The lowest BCUT2D eigenvalue weighted by Gasteiger charge is -2.26. The van der Waals surface area contributed by atoms with Crippen LogP contribution >= 0.6 is 11.8 Å². The van der Waals surface area contributed by atoms with Crippen molar-refractivity contribution in [3.63, 3.8) is 0 Å². The minimum absolute atomic E-state index is 0.00874. The van der Waals surface area contributed by atoms with Gasteiger partial charge in [-0.1, -0.05) is 11.2 Å². The molecule has 3 heterocycles. The van der Waals surface area contributed by atoms with E-state index in [2.05, 4.69) is 5.16 Å². The maximum atomic E-state index is 14.9. The summed E-state index contributed by atoms with van der Waals surface area (Å²) < 4.78 is 30.6. The molecule has 1 unspecified atom stereocenters. The van der Waals surface area contributed by atoms with Crippen LogP contribution in [-0.2, 0) is 9.47 Å². The highest BCUT2D eigenvalue weighted by Gasteiger charge is 2.37. The fourth-order valence-electron chi connectivity index (χ4n) is 3.66. The van der Waals surface area contributed by atoms with E-state index in [9.17, 15) is 14.0 Å². The van der Waals surface area contributed by atoms with Gasteiger partial charge in [-0.25, -0.2) is 14.0 Å². The fourth-order valence-corrected chi connectivity index (χ4v) is 4.51. The highest BCUT2D eigenvalue weighted by molar-refractivity contribution is 7.99. The first kappa shape index (κ1) is 23.2. The number of hydrogen-bond acceptors (Lipinski definition) is 7. The zero-order chi connectivity index (χ0) is 23.6. The van der Waals surface area contributed by atoms with E-state index in [4.69, 9.17) is 14.0 Å². The number of hydrogen-bond donors (Lipinski definition) is 0. The topological polar surface area (TPSA) is 85.1 Å². The fraction of sp³-hybridized carbons (Fsp3) is 0.435. The van der Waals surface area contributed by atoms with Crippen molar-refractivity contribution in [3.8, 4) is 0 Å². The first-order valence-corrected chi connectivity index (χ1v) is 11.8. The van der Waals surface area contributed by atoms with Crippen LogP contribution in [0.5, 0.6) is 0 Å². The Balaban J connectivity index is 1.48. The average molecular weight is 476 g/mol. The van der Waals surface area contributed by atoms with E-state index in [1.54, 1.807) is 32.9 Å². The van der Waals surface area contributed by atoms with Crippen molar-refractivity contribution < 1.29 is 28.0 Å². The molecule has 2 amide bonds. The number of cyclic esters (lactones) is 1. The molecule has 0 N–H and O–H groups in total. The number of aromatic nitrogens is 1. The summed E-state index contributed by atoms with van der Waals surface area (Å²) in [4.78, 5) is 27.9. The first-order valence-electron chi connectivity index (χ1n) is 10.7. The molecule has 4 rings (SSSR count). The Morgan fingerprint density at radius 2 is 2.18 bits per heavy atom. The molecule has 1 atom stereocenters. The zero-order valence-corrected chi connectivity index (χ0v) is 19.6. The molecule has 2 aliphatic heterocycles. The zero-order valence-electron chi connectivity index (χ0n) is 18.7. The third-order valence-corrected chi connectivity index (χ3v) is 6.04. The highest BCUT2D eigenvalue weighted by Crippen LogP contribution is 2.31. The van der Waals surface area contributed by atoms with Gasteiger partial charge in [-0.15, -0.1) is 0 Å². The number of benzene rings is 1. The Kier molecular flexibility index (Phi) is 6.64. The molecule has 1 saturated heterocycles. The van der Waals surface area contributed by atoms with Crippen LogP contribution in [-0.4, -0.2) is 53.6 Å². The molecule has 0 radical (unpaired) electrons. The van der Waals surface area contributed by atoms with E-state index in [1.165, 1.54) is 28.2 Å². The van der Waals surface area contributed by atoms with Gasteiger partial charge in [0.15, 0.2) is 5.82 Å². The summed E-state index contributed by atoms with van der Waals surface area (Å²) in [6.07, 6.45) is 2.29. The van der Waals surface area contributed by atoms with Crippen LogP contribution in [0.25, 0.3) is 5.57 Å². The van der Waals surface area contributed by atoms with Gasteiger partial charge < -0.3 is 14.0 Å². The predicted molar refractivity (Wildman–Crippen MR) is 124 cm³/mol. The SMILES string of the molecule is CC(C)(C)OC(=O)N(CC1CN(c2ccc(C3=CCSCC3)c(F)c2)C(=O)O1)c1ccon1. The first-order chi connectivity index (χ1) is 15.7. The van der Waals surface area contributed by atoms with Crippen molar-refractivity contribution >= 4 is 41.0 Å². The smallest absolute Gasteiger partial charge is 0.416 e. The largest absolute Gasteiger partial charge is 0.443 e. The number of carbonyl (C=O) groups excluding carboxylic acids is 2. The molecule has 0 bridgehead atoms. The van der Waals surface area contributed by atoms with Gasteiger partial charge in [0.1, 0.15) is 23.8 Å². The average Bonchev–Trinajstić information content (AvgIpc) is 3.41. The van der Waals surface area contributed by atoms with Gasteiger partial charge in [0, 0.05) is 17.4 Å². The Labute approximate surface area is 195 Å². The summed E-state index contributed by atoms with van der Waals surface area (Å²) in [6, 6.07) is 6.29. The predicted octanol–water partition coefficient (Wildman–Crippen LogP) is 5.10. The summed E-state index contributed by atoms with van der Waals surface area (Å²) in [6.45, 7) is 5.42. The van der Waals surface area contributed by atoms with Gasteiger partial charge in [0.2, 0.25) is 0 Å². The number of nitrogens with zero attached hydrogens (tertiary/aromatic N) is 3. The Bertz CT molecular complexity index is 1050. The van der Waals surface area contributed by atoms with Gasteiger partial charge in [-0.05, 0) is 56.7 Å². The van der Waals surface area contributed by atoms with E-state index in [0.717, 1.165) is 23.5 Å². The number of anilines is 2. The molecule has 10 heteroatoms. The van der Waals surface area contributed by atoms with E-state index in [-0.39, 0.29) is 24.7 Å². The molecule has 2 aliphatic rings. The maximum absolute atomic E-state index is 14.9. The van der Waals surface area contributed by atoms with Gasteiger partial charge in [0.05, 0.1) is 18.8 Å². The van der Waals surface area contributed by atoms with Gasteiger partial charge in [0.25, 0.3) is 0 Å². The molecular weight excluding hydrogens is 449 g/mol. The second kappa shape index (κ2) is 9.46. The van der Waals surface area contributed by atoms with E-state index < -0.39 is 23.9 Å². The van der Waals surface area contributed by atoms with Crippen molar-refractivity contribution in [2.45, 2.75) is 38.9 Å². The van der Waals surface area contributed by atoms with Crippen molar-refractivity contribution in [3.05, 3.63) is 48.0 Å². The van der Waals surface area contributed by atoms with Crippen LogP contribution in [0.2, 0.25) is 0 Å². The van der Waals surface area contributed by atoms with Crippen LogP contribution in [0.3, 0.4) is 0 Å². The van der Waals surface area contributed by atoms with Crippen LogP contribution in [0.4, 0.5) is 25.5 Å². The van der Waals surface area contributed by atoms with Crippen molar-refractivity contribution in [1.29, 1.82) is 0 Å². The molecule has 1 aromatic carbocycles. The van der Waals surface area contributed by atoms with Gasteiger partial charge in [-0.3, -0.25) is 9.80 Å². The van der Waals surface area contributed by atoms with Crippen molar-refractivity contribution in [2.75, 3.05) is 34.4 Å². The number of thioether (sulfide) groups is 1. The maximum Gasteiger partial charge on any atom is 0.416 e. The van der Waals surface area contributed by atoms with Crippen molar-refractivity contribution in [1.82, 2.24) is 5.16 Å². The molecule has 0 spiro atoms. The Morgan fingerprint density at radius 3 is 2.82 bits per heavy atom. The minimum atomic E-state index is -0.719. The third kappa shape index (κ3) is 5.50. The molecule has 1 aromatic heterocycles. The molecule has 2 aromatic rings. The van der Waals surface area contributed by atoms with Crippen LogP contribution in [0, 0.1) is 5.82 Å². The highest BCUT2D eigenvalue weighted by atomic mass is 32.2. The lowest BCUT2D eigenvalue weighted by molar-refractivity contribution is 0.0556. The van der Waals surface area contributed by atoms with Gasteiger partial charge >= 0.3 is 12.2 Å². The monoisotopic (exact) mass is 475 g/mol. The molecule has 176 valence electrons. The summed E-state index contributed by atoms with van der Waals surface area (Å²) in [5.74, 6) is 1.70. The van der Waals surface area contributed by atoms with E-state index >= 15 is 0 Å². The van der Waals surface area contributed by atoms with Crippen molar-refractivity contribution in [2.24, 2.45) is 0 Å². The molecule has 0 saturated carbocycles. The Morgan fingerprint density at radius 1 is 1.36 bits per heavy atom. The van der Waals surface area contributed by atoms with Crippen LogP contribution < -0.4 is 9.80 Å². The normalized spacial score (nSPS) is 18.7. The lowest BCUT2D eigenvalue weighted by Crippen LogP contribution is -2.42. The molecular formula is C23H26FN3O5S. The number of rotatable bonds is 5. The number of amides is 2. The number of ether oxygens (including phenoxy) is 2. The second-order valence-corrected chi connectivity index (χ2v) is 9.93. The van der Waals surface area contributed by atoms with Crippen LogP contribution in [0.15, 0.2) is 41.1 Å². The third-order valence-electron chi connectivity index (χ3n) is 5.15. The molecule has 0 aliphatic carbocycles. The number of halogens is 1. The quantitative estimate of drug-likeness (QED) is 0.595. The summed E-state index contributed by atoms with van der Waals surface area (Å²) >= 11 is 1.82. The summed E-state index contributed by atoms with van der Waals surface area (Å²) in [7, 11) is 0. The summed E-state index contributed by atoms with van der Waals surface area (Å²) in [5.41, 5.74) is 1.23. The van der Waals surface area contributed by atoms with Gasteiger partial charge in [-0.2, -0.15) is 11.8 Å². The van der Waals surface area contributed by atoms with Crippen LogP contribution in [0.1, 0.15) is 32.8 Å². The Hall–Kier alpha value is -3.01. The summed E-state index contributed by atoms with van der Waals surface area (Å²) in [5, 5.41) is 3.81. The molecule has 1 fully saturated rings. The number of carbonyl (C=O) groups is 2. The lowest BCUT2D eigenvalue weighted by atomic mass is 10.0. The minimum Gasteiger partial charge on any atom is -0.443 e. The standard InChI is InChI=1S/C23H26FN3O5S/c1-23(2,3)32-22(29)27(20-6-9-30-25-20)14-17-13-26(21(28)31-17)16-4-5-18(19(24)12-16)15-7-10-33-11-8-15/h4-7,9,12,17H,8,10-11,13-14H2,1-3H3. The number of allylic oxidation sites excluding steroid dienone is 1.